The molecule has 0 spiro atoms. The average molecular weight is 246 g/mol. The Morgan fingerprint density at radius 2 is 2.28 bits per heavy atom. The van der Waals surface area contributed by atoms with E-state index in [-0.39, 0.29) is 0 Å². The van der Waals surface area contributed by atoms with Crippen LogP contribution in [0, 0.1) is 0 Å². The first-order valence-electron chi connectivity index (χ1n) is 7.03. The summed E-state index contributed by atoms with van der Waals surface area (Å²) in [5.74, 6) is 0. The number of nitrogens with two attached hydrogens (primary N) is 1. The zero-order valence-electron chi connectivity index (χ0n) is 10.9. The molecule has 1 atom stereocenters. The lowest BCUT2D eigenvalue weighted by molar-refractivity contribution is -0.00799. The topological polar surface area (TPSA) is 38.5 Å². The summed E-state index contributed by atoms with van der Waals surface area (Å²) in [5, 5.41) is 0. The molecule has 1 aromatic rings. The number of hydrogen-bond acceptors (Lipinski definition) is 3. The molecule has 3 nitrogen and oxygen atoms in total. The smallest absolute Gasteiger partial charge is 0.0702 e. The third kappa shape index (κ3) is 2.52. The molecule has 1 fully saturated rings. The predicted octanol–water partition coefficient (Wildman–Crippen LogP) is 2.20. The summed E-state index contributed by atoms with van der Waals surface area (Å²) in [6.07, 6.45) is 5.30. The molecule has 3 heteroatoms. The van der Waals surface area contributed by atoms with Gasteiger partial charge in [0.05, 0.1) is 6.10 Å². The fourth-order valence-electron chi connectivity index (χ4n) is 3.09. The summed E-state index contributed by atoms with van der Waals surface area (Å²) < 4.78 is 5.83. The minimum Gasteiger partial charge on any atom is -0.398 e. The van der Waals surface area contributed by atoms with E-state index in [2.05, 4.69) is 17.0 Å². The predicted molar refractivity (Wildman–Crippen MR) is 73.4 cm³/mol. The van der Waals surface area contributed by atoms with Gasteiger partial charge in [0.2, 0.25) is 0 Å². The van der Waals surface area contributed by atoms with E-state index in [0.29, 0.717) is 6.10 Å². The van der Waals surface area contributed by atoms with Crippen LogP contribution in [0.5, 0.6) is 0 Å². The molecule has 2 aliphatic heterocycles. The second-order valence-electron chi connectivity index (χ2n) is 5.46. The Morgan fingerprint density at radius 1 is 1.33 bits per heavy atom. The number of ether oxygens (including phenoxy) is 1. The second-order valence-corrected chi connectivity index (χ2v) is 5.46. The lowest BCUT2D eigenvalue weighted by atomic mass is 9.97. The van der Waals surface area contributed by atoms with Crippen molar-refractivity contribution in [3.8, 4) is 0 Å². The van der Waals surface area contributed by atoms with Crippen LogP contribution < -0.4 is 5.73 Å². The maximum absolute atomic E-state index is 6.03. The number of nitrogens with zero attached hydrogens (tertiary/aromatic N) is 1. The Labute approximate surface area is 109 Å². The van der Waals surface area contributed by atoms with Crippen LogP contribution in [0.4, 0.5) is 5.69 Å². The van der Waals surface area contributed by atoms with Gasteiger partial charge in [0.25, 0.3) is 0 Å². The molecular weight excluding hydrogens is 224 g/mol. The quantitative estimate of drug-likeness (QED) is 0.813. The number of fused-ring (bicyclic) bond motifs is 1. The van der Waals surface area contributed by atoms with Gasteiger partial charge in [-0.1, -0.05) is 12.1 Å². The molecule has 0 radical (unpaired) electrons. The lowest BCUT2D eigenvalue weighted by Crippen LogP contribution is -2.39. The Hall–Kier alpha value is -1.06. The van der Waals surface area contributed by atoms with Gasteiger partial charge in [-0.2, -0.15) is 0 Å². The van der Waals surface area contributed by atoms with Gasteiger partial charge in [0.15, 0.2) is 0 Å². The molecule has 1 aromatic carbocycles. The molecular formula is C15H22N2O. The number of rotatable bonds is 2. The van der Waals surface area contributed by atoms with E-state index in [9.17, 15) is 0 Å². The maximum Gasteiger partial charge on any atom is 0.0702 e. The highest BCUT2D eigenvalue weighted by molar-refractivity contribution is 5.51. The van der Waals surface area contributed by atoms with Gasteiger partial charge >= 0.3 is 0 Å². The van der Waals surface area contributed by atoms with E-state index in [0.717, 1.165) is 38.3 Å². The molecule has 0 aliphatic carbocycles. The van der Waals surface area contributed by atoms with Crippen LogP contribution in [-0.2, 0) is 17.7 Å². The standard InChI is InChI=1S/C15H22N2O/c16-15-6-3-4-12-10-17(8-7-14(12)15)11-13-5-1-2-9-18-13/h3-4,6,13H,1-2,5,7-11,16H2. The van der Waals surface area contributed by atoms with E-state index in [1.165, 1.54) is 30.4 Å². The van der Waals surface area contributed by atoms with Crippen LogP contribution in [0.25, 0.3) is 0 Å². The third-order valence-corrected chi connectivity index (χ3v) is 4.12. The van der Waals surface area contributed by atoms with Crippen LogP contribution in [0.15, 0.2) is 18.2 Å². The van der Waals surface area contributed by atoms with E-state index in [4.69, 9.17) is 10.5 Å². The molecule has 2 heterocycles. The summed E-state index contributed by atoms with van der Waals surface area (Å²) in [6, 6.07) is 6.28. The van der Waals surface area contributed by atoms with Crippen molar-refractivity contribution in [2.45, 2.75) is 38.3 Å². The maximum atomic E-state index is 6.03. The van der Waals surface area contributed by atoms with Crippen molar-refractivity contribution in [1.29, 1.82) is 0 Å². The Balaban J connectivity index is 1.64. The monoisotopic (exact) mass is 246 g/mol. The molecule has 3 rings (SSSR count). The molecule has 0 saturated carbocycles. The highest BCUT2D eigenvalue weighted by atomic mass is 16.5. The number of anilines is 1. The Morgan fingerprint density at radius 3 is 3.11 bits per heavy atom. The van der Waals surface area contributed by atoms with Crippen molar-refractivity contribution < 1.29 is 4.74 Å². The molecule has 1 unspecified atom stereocenters. The molecule has 0 amide bonds. The molecule has 2 N–H and O–H groups in total. The summed E-state index contributed by atoms with van der Waals surface area (Å²) in [7, 11) is 0. The zero-order valence-corrected chi connectivity index (χ0v) is 10.9. The van der Waals surface area contributed by atoms with Crippen LogP contribution >= 0.6 is 0 Å². The molecule has 2 aliphatic rings. The van der Waals surface area contributed by atoms with Crippen molar-refractivity contribution in [1.82, 2.24) is 4.90 Å². The highest BCUT2D eigenvalue weighted by Crippen LogP contribution is 2.25. The van der Waals surface area contributed by atoms with E-state index >= 15 is 0 Å². The number of benzene rings is 1. The zero-order chi connectivity index (χ0) is 12.4. The average Bonchev–Trinajstić information content (AvgIpc) is 2.40. The van der Waals surface area contributed by atoms with E-state index < -0.39 is 0 Å². The highest BCUT2D eigenvalue weighted by Gasteiger charge is 2.22. The second kappa shape index (κ2) is 5.29. The molecule has 0 aromatic heterocycles. The summed E-state index contributed by atoms with van der Waals surface area (Å²) in [5.41, 5.74) is 9.75. The third-order valence-electron chi connectivity index (χ3n) is 4.12. The minimum absolute atomic E-state index is 0.446. The number of hydrogen-bond donors (Lipinski definition) is 1. The molecule has 98 valence electrons. The van der Waals surface area contributed by atoms with Crippen LogP contribution in [-0.4, -0.2) is 30.7 Å². The summed E-state index contributed by atoms with van der Waals surface area (Å²) in [4.78, 5) is 2.51. The minimum atomic E-state index is 0.446. The van der Waals surface area contributed by atoms with E-state index in [1.54, 1.807) is 0 Å². The first kappa shape index (κ1) is 12.0. The lowest BCUT2D eigenvalue weighted by Gasteiger charge is -2.33. The fourth-order valence-corrected chi connectivity index (χ4v) is 3.09. The largest absolute Gasteiger partial charge is 0.398 e. The van der Waals surface area contributed by atoms with E-state index in [1.807, 2.05) is 6.07 Å². The fraction of sp³-hybridized carbons (Fsp3) is 0.600. The summed E-state index contributed by atoms with van der Waals surface area (Å²) in [6.45, 7) is 4.16. The molecule has 1 saturated heterocycles. The molecule has 18 heavy (non-hydrogen) atoms. The Kier molecular flexibility index (Phi) is 3.52. The van der Waals surface area contributed by atoms with Crippen molar-refractivity contribution in [2.24, 2.45) is 0 Å². The Bertz CT molecular complexity index is 413. The van der Waals surface area contributed by atoms with Crippen LogP contribution in [0.1, 0.15) is 30.4 Å². The first-order valence-corrected chi connectivity index (χ1v) is 7.03. The van der Waals surface area contributed by atoms with Gasteiger partial charge in [-0.25, -0.2) is 0 Å². The normalized spacial score (nSPS) is 24.8. The van der Waals surface area contributed by atoms with Gasteiger partial charge in [0, 0.05) is 31.9 Å². The van der Waals surface area contributed by atoms with Gasteiger partial charge < -0.3 is 10.5 Å². The first-order chi connectivity index (χ1) is 8.83. The van der Waals surface area contributed by atoms with Crippen molar-refractivity contribution >= 4 is 5.69 Å². The van der Waals surface area contributed by atoms with Gasteiger partial charge in [-0.05, 0) is 42.9 Å². The van der Waals surface area contributed by atoms with Crippen LogP contribution in [0.3, 0.4) is 0 Å². The van der Waals surface area contributed by atoms with Crippen LogP contribution in [0.2, 0.25) is 0 Å². The summed E-state index contributed by atoms with van der Waals surface area (Å²) >= 11 is 0. The van der Waals surface area contributed by atoms with Crippen molar-refractivity contribution in [3.05, 3.63) is 29.3 Å². The van der Waals surface area contributed by atoms with Gasteiger partial charge in [-0.15, -0.1) is 0 Å². The van der Waals surface area contributed by atoms with Gasteiger partial charge in [0.1, 0.15) is 0 Å². The molecule has 0 bridgehead atoms. The van der Waals surface area contributed by atoms with Gasteiger partial charge in [-0.3, -0.25) is 4.90 Å². The SMILES string of the molecule is Nc1cccc2c1CCN(CC1CCCCO1)C2. The van der Waals surface area contributed by atoms with Crippen molar-refractivity contribution in [2.75, 3.05) is 25.4 Å². The number of nitrogen functional groups attached to an aromatic ring is 1. The van der Waals surface area contributed by atoms with Crippen molar-refractivity contribution in [3.63, 3.8) is 0 Å².